The van der Waals surface area contributed by atoms with E-state index in [1.165, 1.54) is 25.3 Å². The fourth-order valence-electron chi connectivity index (χ4n) is 0.811. The highest BCUT2D eigenvalue weighted by Crippen LogP contribution is 2.07. The Balaban J connectivity index is 2.69. The van der Waals surface area contributed by atoms with Crippen LogP contribution < -0.4 is 5.11 Å². The first-order chi connectivity index (χ1) is 6.22. The maximum Gasteiger partial charge on any atom is 0.330 e. The monoisotopic (exact) mass is 177 g/mol. The van der Waals surface area contributed by atoms with Gasteiger partial charge in [0.1, 0.15) is 0 Å². The van der Waals surface area contributed by atoms with Crippen LogP contribution in [0.15, 0.2) is 30.3 Å². The summed E-state index contributed by atoms with van der Waals surface area (Å²) in [7, 11) is 1.31. The van der Waals surface area contributed by atoms with Crippen LogP contribution in [-0.4, -0.2) is 13.1 Å². The number of esters is 1. The molecule has 0 saturated heterocycles. The first-order valence-corrected chi connectivity index (χ1v) is 3.75. The van der Waals surface area contributed by atoms with Gasteiger partial charge in [0.25, 0.3) is 0 Å². The SMILES string of the molecule is COC(=O)/C=C/c1ccc([O-])cc1. The zero-order valence-electron chi connectivity index (χ0n) is 7.19. The average molecular weight is 177 g/mol. The van der Waals surface area contributed by atoms with Gasteiger partial charge in [-0.1, -0.05) is 24.3 Å². The molecular formula is C10H9O3-. The van der Waals surface area contributed by atoms with Crippen LogP contribution in [0.1, 0.15) is 5.56 Å². The van der Waals surface area contributed by atoms with Gasteiger partial charge in [-0.05, 0) is 11.6 Å². The average Bonchev–Trinajstić information content (AvgIpc) is 2.16. The van der Waals surface area contributed by atoms with Crippen LogP contribution >= 0.6 is 0 Å². The van der Waals surface area contributed by atoms with Crippen molar-refractivity contribution in [3.63, 3.8) is 0 Å². The number of hydrogen-bond acceptors (Lipinski definition) is 3. The lowest BCUT2D eigenvalue weighted by Crippen LogP contribution is -1.93. The molecule has 13 heavy (non-hydrogen) atoms. The van der Waals surface area contributed by atoms with E-state index in [4.69, 9.17) is 0 Å². The van der Waals surface area contributed by atoms with Crippen molar-refractivity contribution in [2.24, 2.45) is 0 Å². The minimum absolute atomic E-state index is 0.0461. The van der Waals surface area contributed by atoms with Crippen LogP contribution in [0.25, 0.3) is 6.08 Å². The van der Waals surface area contributed by atoms with Gasteiger partial charge >= 0.3 is 5.97 Å². The number of hydrogen-bond donors (Lipinski definition) is 0. The van der Waals surface area contributed by atoms with Crippen LogP contribution in [0, 0.1) is 0 Å². The Labute approximate surface area is 76.3 Å². The molecular weight excluding hydrogens is 168 g/mol. The van der Waals surface area contributed by atoms with Gasteiger partial charge in [-0.2, -0.15) is 0 Å². The van der Waals surface area contributed by atoms with Gasteiger partial charge in [0.05, 0.1) is 7.11 Å². The Kier molecular flexibility index (Phi) is 3.09. The molecule has 0 fully saturated rings. The molecule has 68 valence electrons. The van der Waals surface area contributed by atoms with E-state index < -0.39 is 5.97 Å². The van der Waals surface area contributed by atoms with Crippen LogP contribution in [-0.2, 0) is 9.53 Å². The van der Waals surface area contributed by atoms with E-state index in [0.29, 0.717) is 0 Å². The Bertz CT molecular complexity index is 311. The Morgan fingerprint density at radius 2 is 2.00 bits per heavy atom. The van der Waals surface area contributed by atoms with Crippen molar-refractivity contribution in [3.8, 4) is 5.75 Å². The van der Waals surface area contributed by atoms with E-state index in [1.54, 1.807) is 18.2 Å². The van der Waals surface area contributed by atoms with Crippen molar-refractivity contribution in [1.82, 2.24) is 0 Å². The van der Waals surface area contributed by atoms with Gasteiger partial charge in [0, 0.05) is 6.08 Å². The summed E-state index contributed by atoms with van der Waals surface area (Å²) >= 11 is 0. The minimum atomic E-state index is -0.411. The zero-order valence-corrected chi connectivity index (χ0v) is 7.19. The van der Waals surface area contributed by atoms with Gasteiger partial charge in [-0.25, -0.2) is 4.79 Å². The van der Waals surface area contributed by atoms with E-state index in [0.717, 1.165) is 5.56 Å². The predicted molar refractivity (Wildman–Crippen MR) is 46.9 cm³/mol. The van der Waals surface area contributed by atoms with Crippen molar-refractivity contribution < 1.29 is 14.6 Å². The topological polar surface area (TPSA) is 49.4 Å². The third-order valence-corrected chi connectivity index (χ3v) is 1.49. The molecule has 0 heterocycles. The fourth-order valence-corrected chi connectivity index (χ4v) is 0.811. The summed E-state index contributed by atoms with van der Waals surface area (Å²) in [6.45, 7) is 0. The van der Waals surface area contributed by atoms with E-state index in [2.05, 4.69) is 4.74 Å². The molecule has 1 aromatic carbocycles. The molecule has 3 nitrogen and oxygen atoms in total. The summed E-state index contributed by atoms with van der Waals surface area (Å²) in [5, 5.41) is 10.7. The Morgan fingerprint density at radius 3 is 2.54 bits per heavy atom. The second kappa shape index (κ2) is 4.30. The van der Waals surface area contributed by atoms with Gasteiger partial charge in [0.15, 0.2) is 0 Å². The van der Waals surface area contributed by atoms with Gasteiger partial charge in [-0.15, -0.1) is 5.75 Å². The standard InChI is InChI=1S/C10H10O3/c1-13-10(12)7-4-8-2-5-9(11)6-3-8/h2-7,11H,1H3/p-1/b7-4+. The molecule has 0 atom stereocenters. The maximum atomic E-state index is 10.7. The van der Waals surface area contributed by atoms with E-state index >= 15 is 0 Å². The smallest absolute Gasteiger partial charge is 0.330 e. The Morgan fingerprint density at radius 1 is 1.38 bits per heavy atom. The van der Waals surface area contributed by atoms with Crippen molar-refractivity contribution in [2.75, 3.05) is 7.11 Å². The third kappa shape index (κ3) is 2.99. The first kappa shape index (κ1) is 9.32. The number of rotatable bonds is 2. The number of carbonyl (C=O) groups excluding carboxylic acids is 1. The molecule has 0 radical (unpaired) electrons. The highest BCUT2D eigenvalue weighted by molar-refractivity contribution is 5.86. The van der Waals surface area contributed by atoms with Crippen LogP contribution in [0.4, 0.5) is 0 Å². The quantitative estimate of drug-likeness (QED) is 0.499. The van der Waals surface area contributed by atoms with Crippen molar-refractivity contribution in [2.45, 2.75) is 0 Å². The third-order valence-electron chi connectivity index (χ3n) is 1.49. The lowest BCUT2D eigenvalue weighted by molar-refractivity contribution is -0.268. The van der Waals surface area contributed by atoms with E-state index in [1.807, 2.05) is 0 Å². The summed E-state index contributed by atoms with van der Waals surface area (Å²) in [4.78, 5) is 10.7. The van der Waals surface area contributed by atoms with Crippen molar-refractivity contribution in [3.05, 3.63) is 35.9 Å². The molecule has 0 spiro atoms. The molecule has 0 aromatic heterocycles. The second-order valence-electron chi connectivity index (χ2n) is 2.43. The largest absolute Gasteiger partial charge is 0.872 e. The molecule has 3 heteroatoms. The minimum Gasteiger partial charge on any atom is -0.872 e. The first-order valence-electron chi connectivity index (χ1n) is 3.75. The van der Waals surface area contributed by atoms with Crippen LogP contribution in [0.2, 0.25) is 0 Å². The summed E-state index contributed by atoms with van der Waals surface area (Å²) in [6.07, 6.45) is 2.89. The maximum absolute atomic E-state index is 10.7. The summed E-state index contributed by atoms with van der Waals surface area (Å²) in [5.74, 6) is -0.457. The molecule has 0 unspecified atom stereocenters. The molecule has 0 saturated carbocycles. The number of methoxy groups -OCH3 is 1. The fraction of sp³-hybridized carbons (Fsp3) is 0.100. The summed E-state index contributed by atoms with van der Waals surface area (Å²) < 4.78 is 4.41. The lowest BCUT2D eigenvalue weighted by Gasteiger charge is -2.02. The molecule has 0 bridgehead atoms. The van der Waals surface area contributed by atoms with Crippen LogP contribution in [0.3, 0.4) is 0 Å². The number of carbonyl (C=O) groups is 1. The number of ether oxygens (including phenoxy) is 1. The summed E-state index contributed by atoms with van der Waals surface area (Å²) in [5.41, 5.74) is 0.796. The van der Waals surface area contributed by atoms with E-state index in [9.17, 15) is 9.90 Å². The van der Waals surface area contributed by atoms with Crippen molar-refractivity contribution >= 4 is 12.0 Å². The van der Waals surface area contributed by atoms with E-state index in [-0.39, 0.29) is 5.75 Å². The van der Waals surface area contributed by atoms with Gasteiger partial charge in [-0.3, -0.25) is 0 Å². The zero-order chi connectivity index (χ0) is 9.68. The van der Waals surface area contributed by atoms with Crippen LogP contribution in [0.5, 0.6) is 5.75 Å². The predicted octanol–water partition coefficient (Wildman–Crippen LogP) is 0.946. The molecule has 0 N–H and O–H groups in total. The molecule has 0 amide bonds. The molecule has 1 rings (SSSR count). The lowest BCUT2D eigenvalue weighted by atomic mass is 10.2. The molecule has 0 aliphatic rings. The highest BCUT2D eigenvalue weighted by Gasteiger charge is 1.90. The van der Waals surface area contributed by atoms with Gasteiger partial charge in [0.2, 0.25) is 0 Å². The Hall–Kier alpha value is -1.77. The normalized spacial score (nSPS) is 10.2. The van der Waals surface area contributed by atoms with Gasteiger partial charge < -0.3 is 9.84 Å². The van der Waals surface area contributed by atoms with Crippen molar-refractivity contribution in [1.29, 1.82) is 0 Å². The number of benzene rings is 1. The highest BCUT2D eigenvalue weighted by atomic mass is 16.5. The molecule has 0 aliphatic heterocycles. The summed E-state index contributed by atoms with van der Waals surface area (Å²) in [6, 6.07) is 6.16. The molecule has 0 aliphatic carbocycles. The second-order valence-corrected chi connectivity index (χ2v) is 2.43. The molecule has 1 aromatic rings.